The molecule has 0 heterocycles. The van der Waals surface area contributed by atoms with Crippen molar-refractivity contribution < 1.29 is 9.90 Å². The van der Waals surface area contributed by atoms with Gasteiger partial charge in [0.15, 0.2) is 0 Å². The van der Waals surface area contributed by atoms with Crippen LogP contribution in [0.4, 0.5) is 10.5 Å². The van der Waals surface area contributed by atoms with Gasteiger partial charge in [-0.25, -0.2) is 4.79 Å². The first-order valence-corrected chi connectivity index (χ1v) is 6.57. The maximum absolute atomic E-state index is 11.2. The molecule has 0 saturated carbocycles. The van der Waals surface area contributed by atoms with Crippen molar-refractivity contribution in [2.45, 2.75) is 36.4 Å². The summed E-state index contributed by atoms with van der Waals surface area (Å²) in [5.74, 6) is 0. The number of carbonyl (C=O) groups excluding carboxylic acids is 1. The Balaban J connectivity index is 2.26. The fraction of sp³-hybridized carbons (Fsp3) is 0.462. The van der Waals surface area contributed by atoms with Gasteiger partial charge in [0.25, 0.3) is 0 Å². The summed E-state index contributed by atoms with van der Waals surface area (Å²) in [7, 11) is 18.1. The van der Waals surface area contributed by atoms with Crippen molar-refractivity contribution in [1.29, 1.82) is 0 Å². The van der Waals surface area contributed by atoms with Gasteiger partial charge >= 0.3 is 6.03 Å². The molecular formula is C13H13B3N2O2. The van der Waals surface area contributed by atoms with E-state index in [1.807, 2.05) is 0 Å². The molecule has 6 radical (unpaired) electrons. The van der Waals surface area contributed by atoms with E-state index >= 15 is 0 Å². The Morgan fingerprint density at radius 3 is 2.45 bits per heavy atom. The van der Waals surface area contributed by atoms with Crippen LogP contribution < -0.4 is 11.1 Å². The Hall–Kier alpha value is -1.36. The van der Waals surface area contributed by atoms with E-state index in [1.54, 1.807) is 6.07 Å². The van der Waals surface area contributed by atoms with Crippen LogP contribution in [0.15, 0.2) is 6.07 Å². The minimum absolute atomic E-state index is 0.390. The van der Waals surface area contributed by atoms with Crippen LogP contribution in [-0.4, -0.2) is 34.7 Å². The SMILES string of the molecule is [B]C1([B])CCc2c1cc1c(c2NC(N)=O)CCC1([B])O. The molecule has 2 amide bonds. The van der Waals surface area contributed by atoms with Gasteiger partial charge in [0, 0.05) is 11.2 Å². The molecule has 0 fully saturated rings. The Bertz CT molecular complexity index is 572. The third-order valence-electron chi connectivity index (χ3n) is 4.30. The molecule has 0 spiro atoms. The van der Waals surface area contributed by atoms with Crippen LogP contribution >= 0.6 is 0 Å². The maximum atomic E-state index is 11.2. The second kappa shape index (κ2) is 4.07. The van der Waals surface area contributed by atoms with E-state index in [1.165, 1.54) is 0 Å². The lowest BCUT2D eigenvalue weighted by Crippen LogP contribution is -2.27. The van der Waals surface area contributed by atoms with E-state index in [9.17, 15) is 9.90 Å². The van der Waals surface area contributed by atoms with Gasteiger partial charge in [-0.1, -0.05) is 23.3 Å². The Morgan fingerprint density at radius 2 is 1.80 bits per heavy atom. The van der Waals surface area contributed by atoms with Gasteiger partial charge < -0.3 is 16.2 Å². The number of fused-ring (bicyclic) bond motifs is 2. The van der Waals surface area contributed by atoms with Crippen molar-refractivity contribution in [1.82, 2.24) is 0 Å². The summed E-state index contributed by atoms with van der Waals surface area (Å²) in [5.41, 5.74) is 7.44. The van der Waals surface area contributed by atoms with E-state index in [4.69, 9.17) is 29.3 Å². The lowest BCUT2D eigenvalue weighted by Gasteiger charge is -2.26. The molecule has 0 saturated heterocycles. The zero-order valence-electron chi connectivity index (χ0n) is 11.1. The van der Waals surface area contributed by atoms with Crippen LogP contribution in [0.1, 0.15) is 35.1 Å². The fourth-order valence-electron chi connectivity index (χ4n) is 3.28. The standard InChI is InChI=1S/C13H13B3N2O2/c14-12(15)3-1-6-8(12)5-9-7(2-4-13(9,16)20)10(6)18-11(17)19/h5,20H,1-4H2,(H3,17,18,19). The first-order valence-electron chi connectivity index (χ1n) is 6.57. The molecule has 1 atom stereocenters. The summed E-state index contributed by atoms with van der Waals surface area (Å²) in [6.07, 6.45) is 2.20. The zero-order chi connectivity index (χ0) is 14.7. The predicted octanol–water partition coefficient (Wildman–Crippen LogP) is -0.127. The quantitative estimate of drug-likeness (QED) is 0.616. The number of carbonyl (C=O) groups is 1. The van der Waals surface area contributed by atoms with Crippen molar-refractivity contribution >= 4 is 35.3 Å². The molecule has 1 aromatic rings. The summed E-state index contributed by atoms with van der Waals surface area (Å²) in [5, 5.41) is 11.9. The average molecular weight is 262 g/mol. The summed E-state index contributed by atoms with van der Waals surface area (Å²) >= 11 is 0. The highest BCUT2D eigenvalue weighted by molar-refractivity contribution is 6.40. The molecule has 2 aliphatic carbocycles. The minimum atomic E-state index is -1.42. The van der Waals surface area contributed by atoms with E-state index < -0.39 is 16.7 Å². The summed E-state index contributed by atoms with van der Waals surface area (Å²) < 4.78 is 0. The monoisotopic (exact) mass is 262 g/mol. The summed E-state index contributed by atoms with van der Waals surface area (Å²) in [4.78, 5) is 11.2. The lowest BCUT2D eigenvalue weighted by molar-refractivity contribution is 0.130. The molecule has 4 N–H and O–H groups in total. The van der Waals surface area contributed by atoms with Crippen LogP contribution in [0.3, 0.4) is 0 Å². The number of aliphatic hydroxyl groups is 1. The van der Waals surface area contributed by atoms with Gasteiger partial charge in [-0.05, 0) is 36.0 Å². The molecule has 1 aromatic carbocycles. The number of benzene rings is 1. The largest absolute Gasteiger partial charge is 0.395 e. The van der Waals surface area contributed by atoms with E-state index in [2.05, 4.69) is 5.32 Å². The number of nitrogens with one attached hydrogen (secondary N) is 1. The Morgan fingerprint density at radius 1 is 1.20 bits per heavy atom. The average Bonchev–Trinajstić information content (AvgIpc) is 2.78. The molecule has 20 heavy (non-hydrogen) atoms. The third-order valence-corrected chi connectivity index (χ3v) is 4.30. The molecule has 0 aliphatic heterocycles. The van der Waals surface area contributed by atoms with Crippen LogP contribution in [0, 0.1) is 0 Å². The van der Waals surface area contributed by atoms with Gasteiger partial charge in [-0.15, -0.1) is 0 Å². The number of nitrogens with two attached hydrogens (primary N) is 1. The highest BCUT2D eigenvalue weighted by atomic mass is 16.3. The molecular weight excluding hydrogens is 249 g/mol. The molecule has 1 unspecified atom stereocenters. The van der Waals surface area contributed by atoms with Crippen molar-refractivity contribution in [3.8, 4) is 0 Å². The number of urea groups is 1. The van der Waals surface area contributed by atoms with Crippen LogP contribution in [0.5, 0.6) is 0 Å². The number of hydrogen-bond donors (Lipinski definition) is 3. The highest BCUT2D eigenvalue weighted by Gasteiger charge is 2.39. The van der Waals surface area contributed by atoms with Crippen LogP contribution in [0.25, 0.3) is 0 Å². The summed E-state index contributed by atoms with van der Waals surface area (Å²) in [6.45, 7) is 0. The van der Waals surface area contributed by atoms with Crippen LogP contribution in [-0.2, 0) is 23.6 Å². The van der Waals surface area contributed by atoms with Gasteiger partial charge in [0.2, 0.25) is 0 Å². The topological polar surface area (TPSA) is 75.3 Å². The molecule has 0 bridgehead atoms. The molecule has 7 heteroatoms. The van der Waals surface area contributed by atoms with Crippen LogP contribution in [0.2, 0.25) is 0 Å². The molecule has 3 rings (SSSR count). The molecule has 96 valence electrons. The van der Waals surface area contributed by atoms with Crippen molar-refractivity contribution in [3.63, 3.8) is 0 Å². The minimum Gasteiger partial charge on any atom is -0.395 e. The number of amides is 2. The van der Waals surface area contributed by atoms with Gasteiger partial charge in [-0.3, -0.25) is 0 Å². The van der Waals surface area contributed by atoms with Gasteiger partial charge in [0.05, 0.1) is 15.7 Å². The van der Waals surface area contributed by atoms with Gasteiger partial charge in [-0.2, -0.15) is 0 Å². The third kappa shape index (κ3) is 1.87. The predicted molar refractivity (Wildman–Crippen MR) is 79.1 cm³/mol. The summed E-state index contributed by atoms with van der Waals surface area (Å²) in [6, 6.07) is 1.12. The lowest BCUT2D eigenvalue weighted by atomic mass is 9.51. The van der Waals surface area contributed by atoms with Gasteiger partial charge in [0.1, 0.15) is 7.85 Å². The smallest absolute Gasteiger partial charge is 0.316 e. The van der Waals surface area contributed by atoms with Crippen molar-refractivity contribution in [3.05, 3.63) is 28.3 Å². The number of anilines is 1. The first kappa shape index (κ1) is 13.6. The van der Waals surface area contributed by atoms with Crippen molar-refractivity contribution in [2.75, 3.05) is 5.32 Å². The van der Waals surface area contributed by atoms with Crippen molar-refractivity contribution in [2.24, 2.45) is 5.73 Å². The zero-order valence-corrected chi connectivity index (χ0v) is 11.1. The Labute approximate surface area is 121 Å². The fourth-order valence-corrected chi connectivity index (χ4v) is 3.28. The molecule has 0 aromatic heterocycles. The second-order valence-electron chi connectivity index (χ2n) is 5.76. The second-order valence-corrected chi connectivity index (χ2v) is 5.76. The van der Waals surface area contributed by atoms with E-state index in [-0.39, 0.29) is 0 Å². The molecule has 4 nitrogen and oxygen atoms in total. The first-order chi connectivity index (χ1) is 9.22. The number of rotatable bonds is 1. The highest BCUT2D eigenvalue weighted by Crippen LogP contribution is 2.47. The maximum Gasteiger partial charge on any atom is 0.316 e. The van der Waals surface area contributed by atoms with E-state index in [0.717, 1.165) is 11.1 Å². The number of primary amides is 1. The van der Waals surface area contributed by atoms with E-state index in [0.29, 0.717) is 42.5 Å². The molecule has 2 aliphatic rings. The number of hydrogen-bond acceptors (Lipinski definition) is 2. The normalized spacial score (nSPS) is 26.1. The Kier molecular flexibility index (Phi) is 2.77.